The van der Waals surface area contributed by atoms with Crippen molar-refractivity contribution in [2.24, 2.45) is 5.73 Å². The number of hydrogen-bond donors (Lipinski definition) is 1. The lowest BCUT2D eigenvalue weighted by atomic mass is 10.1. The zero-order valence-corrected chi connectivity index (χ0v) is 9.67. The number of sulfone groups is 1. The Bertz CT molecular complexity index is 440. The number of hydrogen-bond acceptors (Lipinski definition) is 4. The Balaban J connectivity index is 3.03. The summed E-state index contributed by atoms with van der Waals surface area (Å²) in [7, 11) is -1.47. The van der Waals surface area contributed by atoms with Crippen molar-refractivity contribution < 1.29 is 13.2 Å². The molecule has 0 saturated heterocycles. The predicted molar refractivity (Wildman–Crippen MR) is 59.4 cm³/mol. The van der Waals surface area contributed by atoms with E-state index < -0.39 is 9.84 Å². The first-order valence-electron chi connectivity index (χ1n) is 4.50. The fourth-order valence-electron chi connectivity index (χ4n) is 1.35. The van der Waals surface area contributed by atoms with Crippen molar-refractivity contribution in [1.82, 2.24) is 0 Å². The Labute approximate surface area is 90.0 Å². The van der Waals surface area contributed by atoms with E-state index in [1.165, 1.54) is 6.26 Å². The summed E-state index contributed by atoms with van der Waals surface area (Å²) in [5.74, 6) is 0.660. The van der Waals surface area contributed by atoms with Gasteiger partial charge in [-0.3, -0.25) is 0 Å². The summed E-state index contributed by atoms with van der Waals surface area (Å²) in [6.07, 6.45) is 1.20. The molecule has 0 fully saturated rings. The lowest BCUT2D eigenvalue weighted by Crippen LogP contribution is -2.04. The molecule has 0 aliphatic carbocycles. The second kappa shape index (κ2) is 4.63. The molecule has 1 aromatic carbocycles. The number of nitrogens with two attached hydrogens (primary N) is 1. The van der Waals surface area contributed by atoms with Crippen molar-refractivity contribution in [3.05, 3.63) is 29.3 Å². The highest BCUT2D eigenvalue weighted by atomic mass is 32.2. The Morgan fingerprint density at radius 3 is 2.53 bits per heavy atom. The Morgan fingerprint density at radius 1 is 1.40 bits per heavy atom. The van der Waals surface area contributed by atoms with Gasteiger partial charge in [-0.1, -0.05) is 12.1 Å². The fourth-order valence-corrected chi connectivity index (χ4v) is 2.14. The van der Waals surface area contributed by atoms with Gasteiger partial charge < -0.3 is 10.5 Å². The number of ether oxygens (including phenoxy) is 1. The van der Waals surface area contributed by atoms with Crippen LogP contribution >= 0.6 is 0 Å². The number of methoxy groups -OCH3 is 1. The highest BCUT2D eigenvalue weighted by molar-refractivity contribution is 7.89. The smallest absolute Gasteiger partial charge is 0.151 e. The van der Waals surface area contributed by atoms with E-state index in [1.54, 1.807) is 25.3 Å². The summed E-state index contributed by atoms with van der Waals surface area (Å²) in [4.78, 5) is 0. The molecule has 0 radical (unpaired) electrons. The largest absolute Gasteiger partial charge is 0.496 e. The Kier molecular flexibility index (Phi) is 3.71. The van der Waals surface area contributed by atoms with Gasteiger partial charge in [-0.25, -0.2) is 8.42 Å². The second-order valence-electron chi connectivity index (χ2n) is 3.42. The normalized spacial score (nSPS) is 11.4. The Morgan fingerprint density at radius 2 is 2.07 bits per heavy atom. The molecule has 0 atom stereocenters. The Hall–Kier alpha value is -1.07. The van der Waals surface area contributed by atoms with Gasteiger partial charge in [0.1, 0.15) is 5.75 Å². The first-order valence-corrected chi connectivity index (χ1v) is 6.56. The van der Waals surface area contributed by atoms with E-state index in [4.69, 9.17) is 10.5 Å². The molecule has 4 nitrogen and oxygen atoms in total. The summed E-state index contributed by atoms with van der Waals surface area (Å²) in [5, 5.41) is 0. The van der Waals surface area contributed by atoms with Gasteiger partial charge in [0.25, 0.3) is 0 Å². The molecule has 1 rings (SSSR count). The van der Waals surface area contributed by atoms with Gasteiger partial charge in [0.2, 0.25) is 0 Å². The van der Waals surface area contributed by atoms with Gasteiger partial charge in [-0.2, -0.15) is 0 Å². The molecular formula is C10H15NO3S. The van der Waals surface area contributed by atoms with Gasteiger partial charge in [0, 0.05) is 18.4 Å². The molecule has 0 heterocycles. The summed E-state index contributed by atoms with van der Waals surface area (Å²) >= 11 is 0. The number of rotatable bonds is 4. The molecule has 0 aliphatic heterocycles. The van der Waals surface area contributed by atoms with Crippen molar-refractivity contribution in [1.29, 1.82) is 0 Å². The standard InChI is InChI=1S/C10H15NO3S/c1-14-10-5-8(7-15(2,12)13)3-4-9(10)6-11/h3-5H,6-7,11H2,1-2H3. The van der Waals surface area contributed by atoms with E-state index in [-0.39, 0.29) is 5.75 Å². The van der Waals surface area contributed by atoms with E-state index in [9.17, 15) is 8.42 Å². The van der Waals surface area contributed by atoms with Crippen LogP contribution in [0.4, 0.5) is 0 Å². The molecule has 0 spiro atoms. The third kappa shape index (κ3) is 3.53. The van der Waals surface area contributed by atoms with E-state index in [0.29, 0.717) is 17.9 Å². The maximum Gasteiger partial charge on any atom is 0.151 e. The topological polar surface area (TPSA) is 69.4 Å². The van der Waals surface area contributed by atoms with Gasteiger partial charge in [0.05, 0.1) is 12.9 Å². The van der Waals surface area contributed by atoms with E-state index in [0.717, 1.165) is 5.56 Å². The van der Waals surface area contributed by atoms with Crippen LogP contribution in [0.2, 0.25) is 0 Å². The quantitative estimate of drug-likeness (QED) is 0.825. The van der Waals surface area contributed by atoms with Crippen LogP contribution in [0.15, 0.2) is 18.2 Å². The summed E-state index contributed by atoms with van der Waals surface area (Å²) in [6, 6.07) is 5.26. The van der Waals surface area contributed by atoms with Crippen LogP contribution in [0.5, 0.6) is 5.75 Å². The third-order valence-electron chi connectivity index (χ3n) is 2.00. The second-order valence-corrected chi connectivity index (χ2v) is 5.56. The lowest BCUT2D eigenvalue weighted by Gasteiger charge is -2.08. The highest BCUT2D eigenvalue weighted by Crippen LogP contribution is 2.20. The minimum Gasteiger partial charge on any atom is -0.496 e. The molecule has 0 aliphatic rings. The van der Waals surface area contributed by atoms with Gasteiger partial charge in [-0.15, -0.1) is 0 Å². The first-order chi connectivity index (χ1) is 6.96. The monoisotopic (exact) mass is 229 g/mol. The van der Waals surface area contributed by atoms with Crippen LogP contribution in [-0.2, 0) is 22.1 Å². The van der Waals surface area contributed by atoms with Crippen molar-refractivity contribution in [2.45, 2.75) is 12.3 Å². The minimum atomic E-state index is -3.01. The molecule has 84 valence electrons. The molecule has 0 aromatic heterocycles. The minimum absolute atomic E-state index is 0.0220. The average Bonchev–Trinajstić information content (AvgIpc) is 2.15. The van der Waals surface area contributed by atoms with Crippen LogP contribution in [0, 0.1) is 0 Å². The van der Waals surface area contributed by atoms with E-state index in [1.807, 2.05) is 0 Å². The maximum absolute atomic E-state index is 11.1. The SMILES string of the molecule is COc1cc(CS(C)(=O)=O)ccc1CN. The van der Waals surface area contributed by atoms with Crippen molar-refractivity contribution in [2.75, 3.05) is 13.4 Å². The highest BCUT2D eigenvalue weighted by Gasteiger charge is 2.07. The molecule has 15 heavy (non-hydrogen) atoms. The van der Waals surface area contributed by atoms with Crippen LogP contribution in [0.3, 0.4) is 0 Å². The lowest BCUT2D eigenvalue weighted by molar-refractivity contribution is 0.409. The first kappa shape index (κ1) is 12.0. The van der Waals surface area contributed by atoms with Gasteiger partial charge in [0.15, 0.2) is 9.84 Å². The third-order valence-corrected chi connectivity index (χ3v) is 2.86. The zero-order chi connectivity index (χ0) is 11.5. The van der Waals surface area contributed by atoms with Crippen molar-refractivity contribution >= 4 is 9.84 Å². The summed E-state index contributed by atoms with van der Waals surface area (Å²) in [5.41, 5.74) is 7.09. The van der Waals surface area contributed by atoms with Gasteiger partial charge >= 0.3 is 0 Å². The molecular weight excluding hydrogens is 214 g/mol. The van der Waals surface area contributed by atoms with Crippen LogP contribution in [-0.4, -0.2) is 21.8 Å². The maximum atomic E-state index is 11.1. The summed E-state index contributed by atoms with van der Waals surface area (Å²) in [6.45, 7) is 0.377. The van der Waals surface area contributed by atoms with Crippen LogP contribution < -0.4 is 10.5 Å². The summed E-state index contributed by atoms with van der Waals surface area (Å²) < 4.78 is 27.3. The fraction of sp³-hybridized carbons (Fsp3) is 0.400. The molecule has 0 unspecified atom stereocenters. The molecule has 0 saturated carbocycles. The van der Waals surface area contributed by atoms with E-state index in [2.05, 4.69) is 0 Å². The molecule has 2 N–H and O–H groups in total. The van der Waals surface area contributed by atoms with Gasteiger partial charge in [-0.05, 0) is 11.6 Å². The predicted octanol–water partition coefficient (Wildman–Crippen LogP) is 0.699. The number of benzene rings is 1. The zero-order valence-electron chi connectivity index (χ0n) is 8.86. The average molecular weight is 229 g/mol. The van der Waals surface area contributed by atoms with Crippen molar-refractivity contribution in [3.63, 3.8) is 0 Å². The molecule has 5 heteroatoms. The van der Waals surface area contributed by atoms with E-state index >= 15 is 0 Å². The van der Waals surface area contributed by atoms with Crippen LogP contribution in [0.1, 0.15) is 11.1 Å². The van der Waals surface area contributed by atoms with Crippen molar-refractivity contribution in [3.8, 4) is 5.75 Å². The molecule has 0 amide bonds. The van der Waals surface area contributed by atoms with Crippen LogP contribution in [0.25, 0.3) is 0 Å². The molecule has 0 bridgehead atoms. The molecule has 1 aromatic rings.